The van der Waals surface area contributed by atoms with Gasteiger partial charge >= 0.3 is 0 Å². The van der Waals surface area contributed by atoms with E-state index in [-0.39, 0.29) is 11.7 Å². The smallest absolute Gasteiger partial charge is 0.178 e. The quantitative estimate of drug-likeness (QED) is 0.770. The minimum absolute atomic E-state index is 0.140. The third-order valence-electron chi connectivity index (χ3n) is 2.57. The molecule has 1 rings (SSSR count). The highest BCUT2D eigenvalue weighted by Crippen LogP contribution is 2.15. The molecule has 2 nitrogen and oxygen atoms in total. The molecule has 0 radical (unpaired) electrons. The Morgan fingerprint density at radius 2 is 2.06 bits per heavy atom. The summed E-state index contributed by atoms with van der Waals surface area (Å²) in [5.41, 5.74) is 1.02. The number of hydrogen-bond donors (Lipinski definition) is 0. The van der Waals surface area contributed by atoms with Crippen LogP contribution in [-0.4, -0.2) is 14.2 Å². The molecule has 0 bridgehead atoms. The van der Waals surface area contributed by atoms with Gasteiger partial charge in [0.05, 0.1) is 10.6 Å². The van der Waals surface area contributed by atoms with Gasteiger partial charge in [-0.05, 0) is 31.0 Å². The van der Waals surface area contributed by atoms with Gasteiger partial charge in [0.2, 0.25) is 0 Å². The van der Waals surface area contributed by atoms with Crippen molar-refractivity contribution in [2.45, 2.75) is 32.1 Å². The van der Waals surface area contributed by atoms with E-state index in [0.717, 1.165) is 12.0 Å². The minimum Gasteiger partial charge on any atom is -0.224 e. The van der Waals surface area contributed by atoms with Crippen LogP contribution in [0.3, 0.4) is 0 Å². The Hall–Kier alpha value is -1.27. The summed E-state index contributed by atoms with van der Waals surface area (Å²) >= 11 is 0. The maximum Gasteiger partial charge on any atom is 0.178 e. The Bertz CT molecular complexity index is 533. The maximum atomic E-state index is 11.7. The second-order valence-corrected chi connectivity index (χ2v) is 6.33. The topological polar surface area (TPSA) is 34.1 Å². The third kappa shape index (κ3) is 3.90. The molecule has 0 aromatic heterocycles. The molecule has 0 amide bonds. The van der Waals surface area contributed by atoms with Crippen LogP contribution < -0.4 is 0 Å². The first-order valence-electron chi connectivity index (χ1n) is 5.73. The zero-order valence-electron chi connectivity index (χ0n) is 10.5. The molecule has 0 aliphatic carbocycles. The minimum atomic E-state index is -3.10. The molecule has 1 atom stereocenters. The van der Waals surface area contributed by atoms with Gasteiger partial charge in [-0.1, -0.05) is 26.0 Å². The molecule has 0 N–H and O–H groups in total. The lowest BCUT2D eigenvalue weighted by molar-refractivity contribution is 0.597. The molecule has 0 saturated heterocycles. The van der Waals surface area contributed by atoms with E-state index in [1.807, 2.05) is 19.9 Å². The van der Waals surface area contributed by atoms with Crippen LogP contribution in [0.4, 0.5) is 0 Å². The summed E-state index contributed by atoms with van der Waals surface area (Å²) in [4.78, 5) is 0.411. The van der Waals surface area contributed by atoms with Crippen molar-refractivity contribution in [3.05, 3.63) is 29.8 Å². The number of benzene rings is 1. The van der Waals surface area contributed by atoms with Crippen molar-refractivity contribution in [3.8, 4) is 11.8 Å². The fourth-order valence-corrected chi connectivity index (χ4v) is 2.63. The van der Waals surface area contributed by atoms with Gasteiger partial charge in [0.1, 0.15) is 0 Å². The second-order valence-electron chi connectivity index (χ2n) is 4.05. The van der Waals surface area contributed by atoms with Crippen LogP contribution >= 0.6 is 0 Å². The molecule has 0 heterocycles. The summed E-state index contributed by atoms with van der Waals surface area (Å²) in [5, 5.41) is 0. The summed E-state index contributed by atoms with van der Waals surface area (Å²) in [5.74, 6) is 6.33. The Labute approximate surface area is 104 Å². The zero-order chi connectivity index (χ0) is 12.9. The largest absolute Gasteiger partial charge is 0.224 e. The molecular weight excluding hydrogens is 232 g/mol. The first-order chi connectivity index (χ1) is 7.99. The van der Waals surface area contributed by atoms with Crippen molar-refractivity contribution in [1.29, 1.82) is 0 Å². The van der Waals surface area contributed by atoms with Crippen LogP contribution in [0.2, 0.25) is 0 Å². The predicted molar refractivity (Wildman–Crippen MR) is 70.5 cm³/mol. The van der Waals surface area contributed by atoms with Crippen LogP contribution in [0, 0.1) is 17.8 Å². The Kier molecular flexibility index (Phi) is 4.77. The van der Waals surface area contributed by atoms with Crippen LogP contribution in [0.1, 0.15) is 26.3 Å². The van der Waals surface area contributed by atoms with E-state index in [4.69, 9.17) is 0 Å². The summed E-state index contributed by atoms with van der Waals surface area (Å²) in [6.45, 7) is 5.51. The highest BCUT2D eigenvalue weighted by molar-refractivity contribution is 7.91. The van der Waals surface area contributed by atoms with E-state index < -0.39 is 9.84 Å². The SMILES string of the molecule is CC#CC(C)Cc1cccc(S(=O)(=O)CC)c1. The molecular formula is C14H18O2S. The van der Waals surface area contributed by atoms with Crippen LogP contribution in [0.15, 0.2) is 29.2 Å². The number of rotatable bonds is 4. The fourth-order valence-electron chi connectivity index (χ4n) is 1.68. The lowest BCUT2D eigenvalue weighted by Gasteiger charge is -2.07. The number of sulfone groups is 1. The summed E-state index contributed by atoms with van der Waals surface area (Å²) in [6, 6.07) is 7.15. The van der Waals surface area contributed by atoms with E-state index in [2.05, 4.69) is 11.8 Å². The highest BCUT2D eigenvalue weighted by atomic mass is 32.2. The second kappa shape index (κ2) is 5.88. The Morgan fingerprint density at radius 1 is 1.35 bits per heavy atom. The van der Waals surface area contributed by atoms with E-state index in [9.17, 15) is 8.42 Å². The molecule has 0 spiro atoms. The van der Waals surface area contributed by atoms with Crippen molar-refractivity contribution < 1.29 is 8.42 Å². The van der Waals surface area contributed by atoms with Gasteiger partial charge in [-0.3, -0.25) is 0 Å². The van der Waals surface area contributed by atoms with Gasteiger partial charge in [-0.25, -0.2) is 8.42 Å². The molecule has 0 fully saturated rings. The van der Waals surface area contributed by atoms with Gasteiger partial charge in [-0.2, -0.15) is 0 Å². The third-order valence-corrected chi connectivity index (χ3v) is 4.30. The Balaban J connectivity index is 2.97. The maximum absolute atomic E-state index is 11.7. The molecule has 1 unspecified atom stereocenters. The average molecular weight is 250 g/mol. The van der Waals surface area contributed by atoms with Crippen LogP contribution in [-0.2, 0) is 16.3 Å². The standard InChI is InChI=1S/C14H18O2S/c1-4-7-12(3)10-13-8-6-9-14(11-13)17(15,16)5-2/h6,8-9,11-12H,5,10H2,1-3H3. The monoisotopic (exact) mass is 250 g/mol. The van der Waals surface area contributed by atoms with Crippen molar-refractivity contribution in [2.24, 2.45) is 5.92 Å². The van der Waals surface area contributed by atoms with Crippen LogP contribution in [0.5, 0.6) is 0 Å². The van der Waals surface area contributed by atoms with E-state index in [1.54, 1.807) is 25.1 Å². The molecule has 3 heteroatoms. The average Bonchev–Trinajstić information content (AvgIpc) is 2.29. The van der Waals surface area contributed by atoms with E-state index in [0.29, 0.717) is 4.90 Å². The van der Waals surface area contributed by atoms with Gasteiger partial charge in [-0.15, -0.1) is 11.8 Å². The van der Waals surface area contributed by atoms with Gasteiger partial charge in [0, 0.05) is 5.92 Å². The van der Waals surface area contributed by atoms with E-state index in [1.165, 1.54) is 0 Å². The van der Waals surface area contributed by atoms with E-state index >= 15 is 0 Å². The first-order valence-corrected chi connectivity index (χ1v) is 7.38. The fraction of sp³-hybridized carbons (Fsp3) is 0.429. The molecule has 0 saturated carbocycles. The van der Waals surface area contributed by atoms with Crippen molar-refractivity contribution in [2.75, 3.05) is 5.75 Å². The van der Waals surface area contributed by atoms with Gasteiger partial charge in [0.25, 0.3) is 0 Å². The first kappa shape index (κ1) is 13.8. The lowest BCUT2D eigenvalue weighted by Crippen LogP contribution is -2.05. The highest BCUT2D eigenvalue weighted by Gasteiger charge is 2.12. The van der Waals surface area contributed by atoms with Crippen molar-refractivity contribution in [1.82, 2.24) is 0 Å². The van der Waals surface area contributed by atoms with Crippen molar-refractivity contribution >= 4 is 9.84 Å². The summed E-state index contributed by atoms with van der Waals surface area (Å²) < 4.78 is 23.5. The molecule has 92 valence electrons. The molecule has 0 aliphatic rings. The van der Waals surface area contributed by atoms with Gasteiger partial charge in [0.15, 0.2) is 9.84 Å². The normalized spacial score (nSPS) is 12.6. The predicted octanol–water partition coefficient (Wildman–Crippen LogP) is 2.68. The van der Waals surface area contributed by atoms with Gasteiger partial charge < -0.3 is 0 Å². The molecule has 1 aromatic rings. The summed E-state index contributed by atoms with van der Waals surface area (Å²) in [6.07, 6.45) is 0.786. The summed E-state index contributed by atoms with van der Waals surface area (Å²) in [7, 11) is -3.10. The Morgan fingerprint density at radius 3 is 2.65 bits per heavy atom. The van der Waals surface area contributed by atoms with Crippen molar-refractivity contribution in [3.63, 3.8) is 0 Å². The lowest BCUT2D eigenvalue weighted by atomic mass is 10.0. The molecule has 1 aromatic carbocycles. The molecule has 0 aliphatic heterocycles. The van der Waals surface area contributed by atoms with Crippen LogP contribution in [0.25, 0.3) is 0 Å². The molecule has 17 heavy (non-hydrogen) atoms. The zero-order valence-corrected chi connectivity index (χ0v) is 11.3. The number of hydrogen-bond acceptors (Lipinski definition) is 2.